The van der Waals surface area contributed by atoms with Crippen molar-refractivity contribution in [1.82, 2.24) is 14.9 Å². The summed E-state index contributed by atoms with van der Waals surface area (Å²) in [5, 5.41) is 4.40. The fourth-order valence-corrected chi connectivity index (χ4v) is 6.17. The molecule has 222 valence electrons. The molecule has 0 saturated carbocycles. The van der Waals surface area contributed by atoms with Gasteiger partial charge in [-0.3, -0.25) is 4.79 Å². The van der Waals surface area contributed by atoms with E-state index in [1.807, 2.05) is 54.7 Å². The Hall–Kier alpha value is -3.43. The Morgan fingerprint density at radius 3 is 2.44 bits per heavy atom. The molecule has 0 saturated heterocycles. The molecular weight excluding hydrogens is 525 g/mol. The zero-order valence-electron chi connectivity index (χ0n) is 25.7. The monoisotopic (exact) mass is 567 g/mol. The smallest absolute Gasteiger partial charge is 0.343 e. The maximum absolute atomic E-state index is 14.8. The summed E-state index contributed by atoms with van der Waals surface area (Å²) in [7, 11) is 3.38. The van der Waals surface area contributed by atoms with Crippen molar-refractivity contribution < 1.29 is 23.5 Å². The molecule has 0 bridgehead atoms. The molecule has 0 fully saturated rings. The van der Waals surface area contributed by atoms with Gasteiger partial charge in [0.05, 0.1) is 29.0 Å². The van der Waals surface area contributed by atoms with E-state index in [4.69, 9.17) is 19.3 Å². The van der Waals surface area contributed by atoms with Crippen LogP contribution in [-0.4, -0.2) is 36.0 Å². The maximum Gasteiger partial charge on any atom is 0.343 e. The molecule has 2 aromatic heterocycles. The first kappa shape index (κ1) is 32.1. The van der Waals surface area contributed by atoms with Crippen LogP contribution in [0.1, 0.15) is 93.8 Å². The molecule has 9 heteroatoms. The Kier molecular flexibility index (Phi) is 10.2. The van der Waals surface area contributed by atoms with Crippen LogP contribution in [0.5, 0.6) is 0 Å². The first-order valence-corrected chi connectivity index (χ1v) is 14.5. The van der Waals surface area contributed by atoms with Crippen molar-refractivity contribution in [3.63, 3.8) is 0 Å². The quantitative estimate of drug-likeness (QED) is 0.252. The van der Waals surface area contributed by atoms with Gasteiger partial charge in [-0.1, -0.05) is 34.6 Å². The zero-order chi connectivity index (χ0) is 30.6. The average molecular weight is 568 g/mol. The van der Waals surface area contributed by atoms with Crippen LogP contribution in [-0.2, 0) is 44.2 Å². The van der Waals surface area contributed by atoms with E-state index in [1.165, 1.54) is 20.1 Å². The van der Waals surface area contributed by atoms with Crippen LogP contribution >= 0.6 is 0 Å². The fourth-order valence-electron chi connectivity index (χ4n) is 6.17. The topological polar surface area (TPSA) is 99.5 Å². The summed E-state index contributed by atoms with van der Waals surface area (Å²) >= 11 is 0. The number of benzene rings is 1. The molecule has 41 heavy (non-hydrogen) atoms. The molecule has 3 aromatic rings. The summed E-state index contributed by atoms with van der Waals surface area (Å²) in [6.45, 7) is 13.4. The summed E-state index contributed by atoms with van der Waals surface area (Å²) in [6, 6.07) is 3.43. The highest BCUT2D eigenvalue weighted by molar-refractivity contribution is 5.93. The van der Waals surface area contributed by atoms with Crippen molar-refractivity contribution in [2.75, 3.05) is 14.2 Å². The number of nitrogens with zero attached hydrogens (tertiary/aromatic N) is 2. The normalized spacial score (nSPS) is 19.2. The van der Waals surface area contributed by atoms with E-state index in [9.17, 15) is 14.0 Å². The molecule has 2 aliphatic heterocycles. The maximum atomic E-state index is 14.8. The van der Waals surface area contributed by atoms with Gasteiger partial charge in [0.2, 0.25) is 0 Å². The molecule has 6 rings (SSSR count). The molecule has 2 unspecified atom stereocenters. The van der Waals surface area contributed by atoms with Gasteiger partial charge in [0, 0.05) is 35.7 Å². The molecular formula is C32H42FN3O5. The number of pyridine rings is 2. The number of methoxy groups -OCH3 is 1. The van der Waals surface area contributed by atoms with Crippen LogP contribution in [0.2, 0.25) is 0 Å². The SMILES string of the molecule is CC.CC.CC=O.CCC1(OC)C(=O)OCc2c1cc1n(c2=O)Cc2c-1nc1cc(F)c(C)c3c1c2C(NC)CC3. The van der Waals surface area contributed by atoms with Gasteiger partial charge >= 0.3 is 5.97 Å². The minimum absolute atomic E-state index is 0.0786. The lowest BCUT2D eigenvalue weighted by Gasteiger charge is -2.35. The van der Waals surface area contributed by atoms with Crippen molar-refractivity contribution in [3.8, 4) is 11.4 Å². The predicted octanol–water partition coefficient (Wildman–Crippen LogP) is 5.65. The third-order valence-corrected chi connectivity index (χ3v) is 8.04. The number of aldehydes is 1. The predicted molar refractivity (Wildman–Crippen MR) is 159 cm³/mol. The molecule has 1 N–H and O–H groups in total. The molecule has 3 aliphatic rings. The number of ether oxygens (including phenoxy) is 2. The molecule has 1 aliphatic carbocycles. The van der Waals surface area contributed by atoms with Gasteiger partial charge in [-0.25, -0.2) is 14.2 Å². The van der Waals surface area contributed by atoms with Gasteiger partial charge in [-0.05, 0) is 62.9 Å². The third kappa shape index (κ3) is 4.89. The van der Waals surface area contributed by atoms with Crippen molar-refractivity contribution in [2.45, 2.75) is 92.5 Å². The lowest BCUT2D eigenvalue weighted by Crippen LogP contribution is -2.45. The van der Waals surface area contributed by atoms with Gasteiger partial charge in [0.1, 0.15) is 18.7 Å². The number of halogens is 1. The number of hydrogen-bond donors (Lipinski definition) is 1. The molecule has 2 atom stereocenters. The number of hydrogen-bond acceptors (Lipinski definition) is 7. The largest absolute Gasteiger partial charge is 0.458 e. The van der Waals surface area contributed by atoms with E-state index in [1.54, 1.807) is 4.57 Å². The first-order chi connectivity index (χ1) is 19.8. The van der Waals surface area contributed by atoms with Gasteiger partial charge in [-0.2, -0.15) is 0 Å². The highest BCUT2D eigenvalue weighted by Gasteiger charge is 2.47. The van der Waals surface area contributed by atoms with E-state index >= 15 is 0 Å². The lowest BCUT2D eigenvalue weighted by atomic mass is 9.81. The van der Waals surface area contributed by atoms with Crippen LogP contribution in [0.3, 0.4) is 0 Å². The number of cyclic esters (lactones) is 1. The van der Waals surface area contributed by atoms with Gasteiger partial charge in [-0.15, -0.1) is 0 Å². The Morgan fingerprint density at radius 1 is 1.20 bits per heavy atom. The number of carbonyl (C=O) groups excluding carboxylic acids is 2. The summed E-state index contributed by atoms with van der Waals surface area (Å²) in [4.78, 5) is 40.1. The minimum atomic E-state index is -1.33. The first-order valence-electron chi connectivity index (χ1n) is 14.5. The van der Waals surface area contributed by atoms with Crippen molar-refractivity contribution in [2.24, 2.45) is 0 Å². The van der Waals surface area contributed by atoms with E-state index in [2.05, 4.69) is 5.32 Å². The van der Waals surface area contributed by atoms with Gasteiger partial charge in [0.25, 0.3) is 5.56 Å². The van der Waals surface area contributed by atoms with Gasteiger partial charge < -0.3 is 24.2 Å². The Labute approximate surface area is 241 Å². The lowest BCUT2D eigenvalue weighted by molar-refractivity contribution is -0.176. The van der Waals surface area contributed by atoms with Crippen LogP contribution in [0.25, 0.3) is 22.3 Å². The van der Waals surface area contributed by atoms with E-state index in [0.29, 0.717) is 46.6 Å². The number of carbonyl (C=O) groups is 2. The second kappa shape index (κ2) is 13.0. The summed E-state index contributed by atoms with van der Waals surface area (Å²) in [5.74, 6) is -0.761. The molecule has 0 radical (unpaired) electrons. The summed E-state index contributed by atoms with van der Waals surface area (Å²) < 4.78 is 27.6. The van der Waals surface area contributed by atoms with Gasteiger partial charge in [0.15, 0.2) is 5.60 Å². The van der Waals surface area contributed by atoms with Crippen LogP contribution in [0, 0.1) is 12.7 Å². The second-order valence-corrected chi connectivity index (χ2v) is 9.60. The fraction of sp³-hybridized carbons (Fsp3) is 0.500. The molecule has 0 amide bonds. The molecule has 0 spiro atoms. The zero-order valence-corrected chi connectivity index (χ0v) is 25.7. The third-order valence-electron chi connectivity index (χ3n) is 8.04. The summed E-state index contributed by atoms with van der Waals surface area (Å²) in [5.41, 5.74) is 5.05. The number of aromatic nitrogens is 2. The highest BCUT2D eigenvalue weighted by Crippen LogP contribution is 2.46. The summed E-state index contributed by atoms with van der Waals surface area (Å²) in [6.07, 6.45) is 2.69. The highest BCUT2D eigenvalue weighted by atomic mass is 19.1. The Bertz CT molecular complexity index is 1520. The number of esters is 1. The average Bonchev–Trinajstić information content (AvgIpc) is 3.37. The molecule has 4 heterocycles. The van der Waals surface area contributed by atoms with E-state index in [0.717, 1.165) is 41.2 Å². The standard InChI is InChI=1S/C26H26FN3O4.C2H4O.2C2H6/c1-5-26(33-4)16-8-20-23-14(10-30(20)24(31)15(16)11-34-25(26)32)22-18(28-3)7-6-13-12(2)17(27)9-19(29-23)21(13)22;1-2-3;2*1-2/h8-9,18,28H,5-7,10-11H2,1-4H3;2H,1H3;2*1-2H3. The number of rotatable bonds is 3. The van der Waals surface area contributed by atoms with Crippen molar-refractivity contribution in [3.05, 3.63) is 61.7 Å². The molecule has 1 aromatic carbocycles. The van der Waals surface area contributed by atoms with E-state index < -0.39 is 11.6 Å². The number of fused-ring (bicyclic) bond motifs is 5. The Morgan fingerprint density at radius 2 is 1.85 bits per heavy atom. The number of nitrogens with one attached hydrogen (secondary N) is 1. The van der Waals surface area contributed by atoms with Crippen molar-refractivity contribution in [1.29, 1.82) is 0 Å². The number of aryl methyl sites for hydroxylation is 1. The minimum Gasteiger partial charge on any atom is -0.458 e. The molecule has 8 nitrogen and oxygen atoms in total. The van der Waals surface area contributed by atoms with Crippen molar-refractivity contribution >= 4 is 23.2 Å². The van der Waals surface area contributed by atoms with Crippen LogP contribution < -0.4 is 10.9 Å². The second-order valence-electron chi connectivity index (χ2n) is 9.60. The van der Waals surface area contributed by atoms with E-state index in [-0.39, 0.29) is 24.0 Å². The van der Waals surface area contributed by atoms with Crippen LogP contribution in [0.4, 0.5) is 4.39 Å². The van der Waals surface area contributed by atoms with Crippen LogP contribution in [0.15, 0.2) is 16.9 Å². The Balaban J connectivity index is 0.000000610.